The summed E-state index contributed by atoms with van der Waals surface area (Å²) in [6.07, 6.45) is 3.99. The van der Waals surface area contributed by atoms with Crippen molar-refractivity contribution in [2.75, 3.05) is 33.3 Å². The molecule has 0 amide bonds. The highest BCUT2D eigenvalue weighted by Gasteiger charge is 2.32. The molecular weight excluding hydrogens is 343 g/mol. The second-order valence-electron chi connectivity index (χ2n) is 5.87. The Morgan fingerprint density at radius 3 is 2.55 bits per heavy atom. The number of halogens is 3. The van der Waals surface area contributed by atoms with E-state index < -0.39 is 0 Å². The first-order chi connectivity index (χ1) is 9.78. The molecule has 3 rings (SSSR count). The number of ether oxygens (including phenoxy) is 1. The van der Waals surface area contributed by atoms with Gasteiger partial charge in [0.1, 0.15) is 5.75 Å². The fourth-order valence-electron chi connectivity index (χ4n) is 3.10. The Morgan fingerprint density at radius 1 is 1.27 bits per heavy atom. The molecule has 2 aliphatic rings. The molecule has 1 aliphatic carbocycles. The molecule has 1 saturated heterocycles. The van der Waals surface area contributed by atoms with Gasteiger partial charge >= 0.3 is 0 Å². The summed E-state index contributed by atoms with van der Waals surface area (Å²) >= 11 is 6.22. The summed E-state index contributed by atoms with van der Waals surface area (Å²) in [5, 5.41) is 4.23. The highest BCUT2D eigenvalue weighted by Crippen LogP contribution is 2.43. The molecule has 3 nitrogen and oxygen atoms in total. The smallest absolute Gasteiger partial charge is 0.123 e. The lowest BCUT2D eigenvalue weighted by Gasteiger charge is -2.36. The molecule has 0 unspecified atom stereocenters. The number of rotatable bonds is 5. The number of piperazine rings is 1. The highest BCUT2D eigenvalue weighted by atomic mass is 35.5. The first kappa shape index (κ1) is 19.9. The van der Waals surface area contributed by atoms with E-state index in [1.54, 1.807) is 7.11 Å². The molecule has 126 valence electrons. The monoisotopic (exact) mass is 366 g/mol. The van der Waals surface area contributed by atoms with E-state index in [4.69, 9.17) is 16.3 Å². The second kappa shape index (κ2) is 9.19. The zero-order valence-electron chi connectivity index (χ0n) is 12.9. The Bertz CT molecular complexity index is 463. The maximum Gasteiger partial charge on any atom is 0.123 e. The van der Waals surface area contributed by atoms with Gasteiger partial charge in [-0.05, 0) is 30.5 Å². The third kappa shape index (κ3) is 4.90. The van der Waals surface area contributed by atoms with E-state index in [1.165, 1.54) is 24.8 Å². The summed E-state index contributed by atoms with van der Waals surface area (Å²) in [5.41, 5.74) is 1.26. The predicted octanol–water partition coefficient (Wildman–Crippen LogP) is 3.94. The lowest BCUT2D eigenvalue weighted by molar-refractivity contribution is 0.158. The van der Waals surface area contributed by atoms with Crippen molar-refractivity contribution in [2.45, 2.75) is 25.3 Å². The summed E-state index contributed by atoms with van der Waals surface area (Å²) in [6.45, 7) is 4.36. The van der Waals surface area contributed by atoms with E-state index in [1.807, 2.05) is 12.1 Å². The van der Waals surface area contributed by atoms with Crippen LogP contribution in [-0.2, 0) is 0 Å². The summed E-state index contributed by atoms with van der Waals surface area (Å²) in [6, 6.07) is 6.45. The fourth-order valence-corrected chi connectivity index (χ4v) is 3.28. The molecule has 6 heteroatoms. The van der Waals surface area contributed by atoms with Crippen LogP contribution in [0.2, 0.25) is 5.02 Å². The van der Waals surface area contributed by atoms with E-state index in [-0.39, 0.29) is 24.8 Å². The molecule has 0 spiro atoms. The average Bonchev–Trinajstić information content (AvgIpc) is 3.30. The minimum absolute atomic E-state index is 0. The van der Waals surface area contributed by atoms with Crippen molar-refractivity contribution in [2.24, 2.45) is 5.92 Å². The Kier molecular flexibility index (Phi) is 8.29. The van der Waals surface area contributed by atoms with E-state index in [9.17, 15) is 0 Å². The van der Waals surface area contributed by atoms with Crippen molar-refractivity contribution >= 4 is 36.4 Å². The minimum atomic E-state index is 0. The third-order valence-corrected chi connectivity index (χ3v) is 4.63. The van der Waals surface area contributed by atoms with Gasteiger partial charge in [-0.2, -0.15) is 0 Å². The standard InChI is InChI=1S/C16H23ClN2O.2ClH/c1-20-16-5-4-13(17)11-14(16)15(10-12-2-3-12)19-8-6-18-7-9-19;;/h4-5,11-12,15,18H,2-3,6-10H2,1H3;2*1H/t15-;;/m1../s1. The van der Waals surface area contributed by atoms with Gasteiger partial charge in [0, 0.05) is 42.8 Å². The number of methoxy groups -OCH3 is 1. The average molecular weight is 368 g/mol. The molecule has 1 aromatic carbocycles. The number of nitrogens with zero attached hydrogens (tertiary/aromatic N) is 1. The summed E-state index contributed by atoms with van der Waals surface area (Å²) < 4.78 is 5.57. The lowest BCUT2D eigenvalue weighted by Crippen LogP contribution is -2.45. The largest absolute Gasteiger partial charge is 0.496 e. The molecule has 22 heavy (non-hydrogen) atoms. The van der Waals surface area contributed by atoms with Gasteiger partial charge in [-0.3, -0.25) is 4.90 Å². The maximum atomic E-state index is 6.22. The fraction of sp³-hybridized carbons (Fsp3) is 0.625. The van der Waals surface area contributed by atoms with Crippen molar-refractivity contribution in [1.29, 1.82) is 0 Å². The van der Waals surface area contributed by atoms with Gasteiger partial charge in [0.15, 0.2) is 0 Å². The zero-order valence-corrected chi connectivity index (χ0v) is 15.3. The van der Waals surface area contributed by atoms with E-state index in [0.29, 0.717) is 6.04 Å². The normalized spacial score (nSPS) is 19.7. The highest BCUT2D eigenvalue weighted by molar-refractivity contribution is 6.30. The van der Waals surface area contributed by atoms with Crippen LogP contribution in [0, 0.1) is 5.92 Å². The first-order valence-electron chi connectivity index (χ1n) is 7.56. The Labute approximate surface area is 150 Å². The van der Waals surface area contributed by atoms with Crippen LogP contribution in [0.3, 0.4) is 0 Å². The molecule has 1 aromatic rings. The van der Waals surface area contributed by atoms with Gasteiger partial charge in [0.25, 0.3) is 0 Å². The Morgan fingerprint density at radius 2 is 1.95 bits per heavy atom. The zero-order chi connectivity index (χ0) is 13.9. The van der Waals surface area contributed by atoms with Gasteiger partial charge in [-0.1, -0.05) is 24.4 Å². The molecule has 0 aromatic heterocycles. The van der Waals surface area contributed by atoms with E-state index in [2.05, 4.69) is 16.3 Å². The molecule has 2 fully saturated rings. The second-order valence-corrected chi connectivity index (χ2v) is 6.30. The van der Waals surface area contributed by atoms with E-state index in [0.717, 1.165) is 42.9 Å². The van der Waals surface area contributed by atoms with Crippen LogP contribution < -0.4 is 10.1 Å². The van der Waals surface area contributed by atoms with Crippen LogP contribution in [0.1, 0.15) is 30.9 Å². The van der Waals surface area contributed by atoms with Gasteiger partial charge in [0.05, 0.1) is 7.11 Å². The molecule has 1 atom stereocenters. The lowest BCUT2D eigenvalue weighted by atomic mass is 9.97. The number of hydrogen-bond donors (Lipinski definition) is 1. The number of nitrogens with one attached hydrogen (secondary N) is 1. The maximum absolute atomic E-state index is 6.22. The summed E-state index contributed by atoms with van der Waals surface area (Å²) in [5.74, 6) is 1.86. The van der Waals surface area contributed by atoms with Crippen LogP contribution in [0.15, 0.2) is 18.2 Å². The van der Waals surface area contributed by atoms with Crippen molar-refractivity contribution in [3.05, 3.63) is 28.8 Å². The first-order valence-corrected chi connectivity index (χ1v) is 7.94. The van der Waals surface area contributed by atoms with Gasteiger partial charge in [-0.15, -0.1) is 24.8 Å². The molecule has 1 N–H and O–H groups in total. The Hall–Kier alpha value is -0.190. The van der Waals surface area contributed by atoms with Crippen LogP contribution in [0.5, 0.6) is 5.75 Å². The van der Waals surface area contributed by atoms with Crippen LogP contribution >= 0.6 is 36.4 Å². The molecule has 1 aliphatic heterocycles. The number of benzene rings is 1. The van der Waals surface area contributed by atoms with Crippen LogP contribution in [-0.4, -0.2) is 38.2 Å². The van der Waals surface area contributed by atoms with Gasteiger partial charge in [-0.25, -0.2) is 0 Å². The quantitative estimate of drug-likeness (QED) is 0.853. The van der Waals surface area contributed by atoms with Crippen molar-refractivity contribution in [3.63, 3.8) is 0 Å². The summed E-state index contributed by atoms with van der Waals surface area (Å²) in [7, 11) is 1.75. The molecule has 1 saturated carbocycles. The molecule has 1 heterocycles. The Balaban J connectivity index is 0.00000121. The third-order valence-electron chi connectivity index (χ3n) is 4.40. The molecular formula is C16H25Cl3N2O. The van der Waals surface area contributed by atoms with Gasteiger partial charge < -0.3 is 10.1 Å². The predicted molar refractivity (Wildman–Crippen MR) is 97.0 cm³/mol. The topological polar surface area (TPSA) is 24.5 Å². The van der Waals surface area contributed by atoms with Crippen LogP contribution in [0.4, 0.5) is 0 Å². The molecule has 0 bridgehead atoms. The SMILES string of the molecule is COc1ccc(Cl)cc1[C@@H](CC1CC1)N1CCNCC1.Cl.Cl. The van der Waals surface area contributed by atoms with Crippen molar-refractivity contribution in [3.8, 4) is 5.75 Å². The van der Waals surface area contributed by atoms with Crippen LogP contribution in [0.25, 0.3) is 0 Å². The van der Waals surface area contributed by atoms with Crippen molar-refractivity contribution in [1.82, 2.24) is 10.2 Å². The molecule has 0 radical (unpaired) electrons. The minimum Gasteiger partial charge on any atom is -0.496 e. The number of hydrogen-bond acceptors (Lipinski definition) is 3. The van der Waals surface area contributed by atoms with Gasteiger partial charge in [0.2, 0.25) is 0 Å². The summed E-state index contributed by atoms with van der Waals surface area (Å²) in [4.78, 5) is 2.59. The van der Waals surface area contributed by atoms with E-state index >= 15 is 0 Å². The van der Waals surface area contributed by atoms with Crippen molar-refractivity contribution < 1.29 is 4.74 Å².